The third-order valence-electron chi connectivity index (χ3n) is 3.57. The van der Waals surface area contributed by atoms with Gasteiger partial charge in [0, 0.05) is 32.0 Å². The van der Waals surface area contributed by atoms with Gasteiger partial charge in [0.25, 0.3) is 5.91 Å². The number of hydrogen-bond acceptors (Lipinski definition) is 4. The number of hydrogen-bond donors (Lipinski definition) is 2. The van der Waals surface area contributed by atoms with Gasteiger partial charge in [0.2, 0.25) is 5.91 Å². The third kappa shape index (κ3) is 2.54. The summed E-state index contributed by atoms with van der Waals surface area (Å²) in [6, 6.07) is 4.69. The van der Waals surface area contributed by atoms with Gasteiger partial charge in [0.05, 0.1) is 5.56 Å². The number of benzene rings is 1. The number of carbonyl (C=O) groups excluding carboxylic acids is 2. The van der Waals surface area contributed by atoms with Crippen molar-refractivity contribution in [3.8, 4) is 0 Å². The summed E-state index contributed by atoms with van der Waals surface area (Å²) in [7, 11) is 3.72. The molecule has 1 aromatic carbocycles. The van der Waals surface area contributed by atoms with Crippen LogP contribution < -0.4 is 16.4 Å². The molecule has 2 amide bonds. The number of likely N-dealkylation sites (tertiary alicyclic amines) is 1. The monoisotopic (exact) mass is 276 g/mol. The van der Waals surface area contributed by atoms with Crippen LogP contribution >= 0.6 is 0 Å². The fourth-order valence-electron chi connectivity index (χ4n) is 2.58. The maximum absolute atomic E-state index is 12.7. The Hall–Kier alpha value is -2.24. The molecule has 6 heteroatoms. The summed E-state index contributed by atoms with van der Waals surface area (Å²) >= 11 is 0. The maximum atomic E-state index is 12.7. The normalized spacial score (nSPS) is 18.1. The Morgan fingerprint density at radius 2 is 2.05 bits per heavy atom. The molecule has 1 fully saturated rings. The molecule has 4 N–H and O–H groups in total. The zero-order valence-electron chi connectivity index (χ0n) is 11.8. The number of nitrogens with two attached hydrogens (primary N) is 2. The van der Waals surface area contributed by atoms with Gasteiger partial charge >= 0.3 is 0 Å². The quantitative estimate of drug-likeness (QED) is 0.783. The predicted molar refractivity (Wildman–Crippen MR) is 78.4 cm³/mol. The first-order chi connectivity index (χ1) is 9.41. The number of anilines is 2. The van der Waals surface area contributed by atoms with Crippen LogP contribution in [0.4, 0.5) is 11.4 Å². The number of primary amides is 1. The Morgan fingerprint density at radius 1 is 1.35 bits per heavy atom. The molecule has 1 unspecified atom stereocenters. The lowest BCUT2D eigenvalue weighted by molar-refractivity contribution is -0.121. The standard InChI is InChI=1S/C14H20N4O2/c1-17(2)11-6-5-9(15)8-10(11)14(20)18-7-3-4-12(18)13(16)19/h5-6,8,12H,3-4,7,15H2,1-2H3,(H2,16,19). The Morgan fingerprint density at radius 3 is 2.65 bits per heavy atom. The highest BCUT2D eigenvalue weighted by Gasteiger charge is 2.34. The predicted octanol–water partition coefficient (Wildman–Crippen LogP) is 0.425. The molecule has 0 radical (unpaired) electrons. The van der Waals surface area contributed by atoms with Crippen LogP contribution in [0.5, 0.6) is 0 Å². The van der Waals surface area contributed by atoms with Crippen molar-refractivity contribution >= 4 is 23.2 Å². The number of nitrogens with zero attached hydrogens (tertiary/aromatic N) is 2. The molecule has 1 aromatic rings. The molecule has 0 spiro atoms. The Labute approximate surface area is 118 Å². The minimum Gasteiger partial charge on any atom is -0.399 e. The van der Waals surface area contributed by atoms with E-state index in [2.05, 4.69) is 0 Å². The van der Waals surface area contributed by atoms with Gasteiger partial charge in [-0.1, -0.05) is 0 Å². The van der Waals surface area contributed by atoms with E-state index in [-0.39, 0.29) is 5.91 Å². The van der Waals surface area contributed by atoms with Gasteiger partial charge in [-0.15, -0.1) is 0 Å². The molecule has 0 bridgehead atoms. The van der Waals surface area contributed by atoms with E-state index in [0.29, 0.717) is 24.2 Å². The Kier molecular flexibility index (Phi) is 3.83. The number of amides is 2. The molecule has 1 saturated heterocycles. The van der Waals surface area contributed by atoms with Crippen LogP contribution in [0.15, 0.2) is 18.2 Å². The summed E-state index contributed by atoms with van der Waals surface area (Å²) in [6.45, 7) is 0.550. The maximum Gasteiger partial charge on any atom is 0.256 e. The van der Waals surface area contributed by atoms with Gasteiger partial charge in [0.15, 0.2) is 0 Å². The molecule has 1 atom stereocenters. The molecule has 20 heavy (non-hydrogen) atoms. The van der Waals surface area contributed by atoms with E-state index in [0.717, 1.165) is 12.1 Å². The highest BCUT2D eigenvalue weighted by molar-refractivity contribution is 6.02. The molecule has 1 heterocycles. The van der Waals surface area contributed by atoms with Crippen molar-refractivity contribution < 1.29 is 9.59 Å². The van der Waals surface area contributed by atoms with Crippen molar-refractivity contribution in [3.05, 3.63) is 23.8 Å². The summed E-state index contributed by atoms with van der Waals surface area (Å²) < 4.78 is 0. The molecule has 1 aliphatic heterocycles. The molecule has 6 nitrogen and oxygen atoms in total. The average molecular weight is 276 g/mol. The first-order valence-electron chi connectivity index (χ1n) is 6.59. The zero-order chi connectivity index (χ0) is 14.9. The first kappa shape index (κ1) is 14.2. The van der Waals surface area contributed by atoms with E-state index in [1.54, 1.807) is 23.1 Å². The minimum atomic E-state index is -0.515. The van der Waals surface area contributed by atoms with Crippen molar-refractivity contribution in [2.24, 2.45) is 5.73 Å². The topological polar surface area (TPSA) is 92.7 Å². The van der Waals surface area contributed by atoms with Crippen molar-refractivity contribution in [1.82, 2.24) is 4.90 Å². The highest BCUT2D eigenvalue weighted by Crippen LogP contribution is 2.26. The molecule has 0 aliphatic carbocycles. The van der Waals surface area contributed by atoms with E-state index >= 15 is 0 Å². The number of carbonyl (C=O) groups is 2. The molecular formula is C14H20N4O2. The van der Waals surface area contributed by atoms with Crippen molar-refractivity contribution in [3.63, 3.8) is 0 Å². The lowest BCUT2D eigenvalue weighted by atomic mass is 10.1. The van der Waals surface area contributed by atoms with Gasteiger partial charge in [-0.3, -0.25) is 9.59 Å². The molecular weight excluding hydrogens is 256 g/mol. The van der Waals surface area contributed by atoms with Crippen LogP contribution in [0.2, 0.25) is 0 Å². The van der Waals surface area contributed by atoms with Crippen LogP contribution in [0.1, 0.15) is 23.2 Å². The second kappa shape index (κ2) is 5.40. The van der Waals surface area contributed by atoms with E-state index in [1.807, 2.05) is 19.0 Å². The summed E-state index contributed by atoms with van der Waals surface area (Å²) in [5.74, 6) is -0.645. The lowest BCUT2D eigenvalue weighted by Gasteiger charge is -2.25. The molecule has 0 saturated carbocycles. The van der Waals surface area contributed by atoms with E-state index in [9.17, 15) is 9.59 Å². The third-order valence-corrected chi connectivity index (χ3v) is 3.57. The van der Waals surface area contributed by atoms with Crippen LogP contribution in [0.25, 0.3) is 0 Å². The van der Waals surface area contributed by atoms with Crippen LogP contribution in [0, 0.1) is 0 Å². The smallest absolute Gasteiger partial charge is 0.256 e. The Balaban J connectivity index is 2.38. The zero-order valence-corrected chi connectivity index (χ0v) is 11.8. The summed E-state index contributed by atoms with van der Waals surface area (Å²) in [4.78, 5) is 27.5. The molecule has 108 valence electrons. The average Bonchev–Trinajstić information content (AvgIpc) is 2.86. The van der Waals surface area contributed by atoms with Gasteiger partial charge < -0.3 is 21.3 Å². The van der Waals surface area contributed by atoms with Gasteiger partial charge in [-0.2, -0.15) is 0 Å². The first-order valence-corrected chi connectivity index (χ1v) is 6.59. The molecule has 0 aromatic heterocycles. The van der Waals surface area contributed by atoms with E-state index in [1.165, 1.54) is 0 Å². The van der Waals surface area contributed by atoms with E-state index in [4.69, 9.17) is 11.5 Å². The van der Waals surface area contributed by atoms with Gasteiger partial charge in [-0.05, 0) is 31.0 Å². The van der Waals surface area contributed by atoms with Crippen molar-refractivity contribution in [2.75, 3.05) is 31.3 Å². The fourth-order valence-corrected chi connectivity index (χ4v) is 2.58. The minimum absolute atomic E-state index is 0.192. The van der Waals surface area contributed by atoms with Crippen LogP contribution in [0.3, 0.4) is 0 Å². The second-order valence-corrected chi connectivity index (χ2v) is 5.23. The number of rotatable bonds is 3. The van der Waals surface area contributed by atoms with Crippen LogP contribution in [-0.4, -0.2) is 43.4 Å². The fraction of sp³-hybridized carbons (Fsp3) is 0.429. The summed E-state index contributed by atoms with van der Waals surface area (Å²) in [5, 5.41) is 0. The molecule has 2 rings (SSSR count). The molecule has 1 aliphatic rings. The lowest BCUT2D eigenvalue weighted by Crippen LogP contribution is -2.44. The Bertz CT molecular complexity index is 542. The largest absolute Gasteiger partial charge is 0.399 e. The van der Waals surface area contributed by atoms with Gasteiger partial charge in [0.1, 0.15) is 6.04 Å². The van der Waals surface area contributed by atoms with E-state index < -0.39 is 11.9 Å². The second-order valence-electron chi connectivity index (χ2n) is 5.23. The highest BCUT2D eigenvalue weighted by atomic mass is 16.2. The van der Waals surface area contributed by atoms with Crippen molar-refractivity contribution in [1.29, 1.82) is 0 Å². The summed E-state index contributed by atoms with van der Waals surface area (Å²) in [6.07, 6.45) is 1.42. The SMILES string of the molecule is CN(C)c1ccc(N)cc1C(=O)N1CCCC1C(N)=O. The number of nitrogen functional groups attached to an aromatic ring is 1. The summed E-state index contributed by atoms with van der Waals surface area (Å²) in [5.41, 5.74) is 12.9. The van der Waals surface area contributed by atoms with Gasteiger partial charge in [-0.25, -0.2) is 0 Å². The van der Waals surface area contributed by atoms with Crippen LogP contribution in [-0.2, 0) is 4.79 Å². The van der Waals surface area contributed by atoms with Crippen molar-refractivity contribution in [2.45, 2.75) is 18.9 Å².